The van der Waals surface area contributed by atoms with Crippen molar-refractivity contribution >= 4 is 34.9 Å². The number of rotatable bonds is 4. The summed E-state index contributed by atoms with van der Waals surface area (Å²) in [5, 5.41) is 15.0. The average molecular weight is 293 g/mol. The van der Waals surface area contributed by atoms with Crippen molar-refractivity contribution in [3.05, 3.63) is 33.9 Å². The minimum Gasteiger partial charge on any atom is -0.375 e. The Morgan fingerprint density at radius 3 is 2.80 bits per heavy atom. The van der Waals surface area contributed by atoms with Crippen molar-refractivity contribution < 1.29 is 4.92 Å². The van der Waals surface area contributed by atoms with Gasteiger partial charge in [0.25, 0.3) is 5.69 Å². The number of hydrazone groups is 1. The van der Waals surface area contributed by atoms with Crippen LogP contribution < -0.4 is 16.1 Å². The van der Waals surface area contributed by atoms with E-state index in [0.717, 1.165) is 25.9 Å². The Labute approximate surface area is 121 Å². The summed E-state index contributed by atoms with van der Waals surface area (Å²) in [5.41, 5.74) is 9.01. The third-order valence-corrected chi connectivity index (χ3v) is 3.12. The Morgan fingerprint density at radius 1 is 1.50 bits per heavy atom. The maximum atomic E-state index is 11.2. The van der Waals surface area contributed by atoms with E-state index in [0.29, 0.717) is 11.3 Å². The molecule has 0 spiro atoms. The van der Waals surface area contributed by atoms with Gasteiger partial charge in [-0.25, -0.2) is 0 Å². The van der Waals surface area contributed by atoms with Gasteiger partial charge in [0, 0.05) is 24.7 Å². The molecule has 0 atom stereocenters. The molecule has 20 heavy (non-hydrogen) atoms. The lowest BCUT2D eigenvalue weighted by atomic mass is 10.1. The molecule has 0 aromatic heterocycles. The number of benzene rings is 1. The van der Waals surface area contributed by atoms with Crippen LogP contribution in [0.4, 0.5) is 11.4 Å². The molecule has 1 aromatic rings. The molecular weight excluding hydrogens is 278 g/mol. The van der Waals surface area contributed by atoms with Gasteiger partial charge in [-0.05, 0) is 31.1 Å². The van der Waals surface area contributed by atoms with Gasteiger partial charge in [-0.1, -0.05) is 6.07 Å². The van der Waals surface area contributed by atoms with Gasteiger partial charge in [0.05, 0.1) is 11.1 Å². The summed E-state index contributed by atoms with van der Waals surface area (Å²) < 4.78 is 0. The molecule has 1 aliphatic heterocycles. The zero-order valence-corrected chi connectivity index (χ0v) is 11.6. The van der Waals surface area contributed by atoms with Crippen LogP contribution >= 0.6 is 12.2 Å². The largest absolute Gasteiger partial charge is 0.375 e. The molecule has 3 N–H and O–H groups in total. The van der Waals surface area contributed by atoms with Crippen molar-refractivity contribution in [1.82, 2.24) is 5.43 Å². The zero-order chi connectivity index (χ0) is 14.5. The lowest BCUT2D eigenvalue weighted by molar-refractivity contribution is -0.384. The number of nitro benzene ring substituents is 1. The van der Waals surface area contributed by atoms with E-state index < -0.39 is 0 Å². The second-order valence-electron chi connectivity index (χ2n) is 4.43. The number of nitrogens with zero attached hydrogens (tertiary/aromatic N) is 3. The van der Waals surface area contributed by atoms with Crippen molar-refractivity contribution in [3.8, 4) is 0 Å². The lowest BCUT2D eigenvalue weighted by Crippen LogP contribution is -2.24. The van der Waals surface area contributed by atoms with E-state index in [2.05, 4.69) is 22.7 Å². The molecule has 0 amide bonds. The van der Waals surface area contributed by atoms with Crippen molar-refractivity contribution in [1.29, 1.82) is 0 Å². The highest BCUT2D eigenvalue weighted by molar-refractivity contribution is 7.80. The number of nitro groups is 1. The number of thiocarbonyl (C=S) groups is 1. The topological polar surface area (TPSA) is 96.8 Å². The second kappa shape index (κ2) is 6.29. The van der Waals surface area contributed by atoms with Crippen LogP contribution in [0, 0.1) is 10.1 Å². The van der Waals surface area contributed by atoms with E-state index >= 15 is 0 Å². The smallest absolute Gasteiger partial charge is 0.293 e. The predicted octanol–water partition coefficient (Wildman–Crippen LogP) is 1.36. The normalized spacial score (nSPS) is 14.7. The molecule has 0 radical (unpaired) electrons. The Bertz CT molecular complexity index is 555. The van der Waals surface area contributed by atoms with Crippen LogP contribution in [0.5, 0.6) is 0 Å². The fourth-order valence-corrected chi connectivity index (χ4v) is 2.22. The van der Waals surface area contributed by atoms with Crippen LogP contribution in [0.1, 0.15) is 18.4 Å². The Morgan fingerprint density at radius 2 is 2.20 bits per heavy atom. The van der Waals surface area contributed by atoms with E-state index in [9.17, 15) is 10.1 Å². The molecule has 0 unspecified atom stereocenters. The minimum atomic E-state index is -0.369. The van der Waals surface area contributed by atoms with Crippen LogP contribution in [-0.4, -0.2) is 29.3 Å². The molecule has 2 rings (SSSR count). The van der Waals surface area contributed by atoms with Crippen molar-refractivity contribution in [2.24, 2.45) is 10.8 Å². The van der Waals surface area contributed by atoms with Crippen LogP contribution in [0.3, 0.4) is 0 Å². The summed E-state index contributed by atoms with van der Waals surface area (Å²) in [6.07, 6.45) is 3.58. The summed E-state index contributed by atoms with van der Waals surface area (Å²) in [4.78, 5) is 12.9. The maximum absolute atomic E-state index is 11.2. The van der Waals surface area contributed by atoms with Crippen molar-refractivity contribution in [2.45, 2.75) is 12.8 Å². The monoisotopic (exact) mass is 293 g/mol. The van der Waals surface area contributed by atoms with E-state index in [1.54, 1.807) is 12.1 Å². The van der Waals surface area contributed by atoms with E-state index in [4.69, 9.17) is 5.73 Å². The van der Waals surface area contributed by atoms with Crippen molar-refractivity contribution in [3.63, 3.8) is 0 Å². The molecule has 0 bridgehead atoms. The summed E-state index contributed by atoms with van der Waals surface area (Å²) in [5.74, 6) is 0. The van der Waals surface area contributed by atoms with Gasteiger partial charge in [0.1, 0.15) is 5.69 Å². The van der Waals surface area contributed by atoms with Gasteiger partial charge in [-0.3, -0.25) is 15.5 Å². The van der Waals surface area contributed by atoms with Gasteiger partial charge < -0.3 is 10.6 Å². The number of nitrogens with one attached hydrogen (secondary N) is 1. The average Bonchev–Trinajstić information content (AvgIpc) is 2.92. The Balaban J connectivity index is 2.25. The highest BCUT2D eigenvalue weighted by atomic mass is 32.1. The first-order chi connectivity index (χ1) is 9.58. The molecule has 8 heteroatoms. The van der Waals surface area contributed by atoms with Crippen LogP contribution in [0.2, 0.25) is 0 Å². The SMILES string of the molecule is NC(=S)N/N=C\c1ccc(N2CCCC2)c([N+](=O)[O-])c1. The first-order valence-electron chi connectivity index (χ1n) is 6.20. The first-order valence-corrected chi connectivity index (χ1v) is 6.60. The molecule has 1 aromatic carbocycles. The lowest BCUT2D eigenvalue weighted by Gasteiger charge is -2.17. The molecule has 1 heterocycles. The second-order valence-corrected chi connectivity index (χ2v) is 4.87. The molecular formula is C12H15N5O2S. The Hall–Kier alpha value is -2.22. The molecule has 0 aliphatic carbocycles. The van der Waals surface area contributed by atoms with E-state index in [-0.39, 0.29) is 15.7 Å². The molecule has 1 fully saturated rings. The molecule has 106 valence electrons. The summed E-state index contributed by atoms with van der Waals surface area (Å²) in [7, 11) is 0. The maximum Gasteiger partial charge on any atom is 0.293 e. The fourth-order valence-electron chi connectivity index (χ4n) is 2.16. The third-order valence-electron chi connectivity index (χ3n) is 3.03. The molecule has 1 aliphatic rings. The van der Waals surface area contributed by atoms with Crippen LogP contribution in [0.15, 0.2) is 23.3 Å². The highest BCUT2D eigenvalue weighted by Crippen LogP contribution is 2.31. The van der Waals surface area contributed by atoms with Gasteiger partial charge in [-0.2, -0.15) is 5.10 Å². The minimum absolute atomic E-state index is 0.0458. The molecule has 7 nitrogen and oxygen atoms in total. The van der Waals surface area contributed by atoms with E-state index in [1.807, 2.05) is 4.90 Å². The standard InChI is InChI=1S/C12H15N5O2S/c13-12(20)15-14-8-9-3-4-10(11(7-9)17(18)19)16-5-1-2-6-16/h3-4,7-8H,1-2,5-6H2,(H3,13,15,20)/b14-8-. The summed E-state index contributed by atoms with van der Waals surface area (Å²) in [6, 6.07) is 5.04. The fraction of sp³-hybridized carbons (Fsp3) is 0.333. The van der Waals surface area contributed by atoms with Gasteiger partial charge in [-0.15, -0.1) is 0 Å². The third kappa shape index (κ3) is 3.41. The predicted molar refractivity (Wildman–Crippen MR) is 82.1 cm³/mol. The van der Waals surface area contributed by atoms with Crippen LogP contribution in [0.25, 0.3) is 0 Å². The van der Waals surface area contributed by atoms with Gasteiger partial charge in [0.2, 0.25) is 0 Å². The quantitative estimate of drug-likeness (QED) is 0.376. The number of anilines is 1. The van der Waals surface area contributed by atoms with Gasteiger partial charge >= 0.3 is 0 Å². The molecule has 0 saturated carbocycles. The zero-order valence-electron chi connectivity index (χ0n) is 10.8. The molecule has 1 saturated heterocycles. The summed E-state index contributed by atoms with van der Waals surface area (Å²) in [6.45, 7) is 1.72. The first kappa shape index (κ1) is 14.2. The summed E-state index contributed by atoms with van der Waals surface area (Å²) >= 11 is 4.61. The van der Waals surface area contributed by atoms with Crippen LogP contribution in [-0.2, 0) is 0 Å². The van der Waals surface area contributed by atoms with Gasteiger partial charge in [0.15, 0.2) is 5.11 Å². The van der Waals surface area contributed by atoms with Crippen molar-refractivity contribution in [2.75, 3.05) is 18.0 Å². The van der Waals surface area contributed by atoms with E-state index in [1.165, 1.54) is 12.3 Å². The number of hydrogen-bond acceptors (Lipinski definition) is 5. The number of hydrogen-bond donors (Lipinski definition) is 2. The Kier molecular flexibility index (Phi) is 4.46. The number of nitrogens with two attached hydrogens (primary N) is 1. The highest BCUT2D eigenvalue weighted by Gasteiger charge is 2.22.